The highest BCUT2D eigenvalue weighted by Gasteiger charge is 2.17. The quantitative estimate of drug-likeness (QED) is 0.782. The Kier molecular flexibility index (Phi) is 4.30. The minimum atomic E-state index is 0.308. The van der Waals surface area contributed by atoms with Gasteiger partial charge in [0.05, 0.1) is 0 Å². The molecule has 0 saturated heterocycles. The van der Waals surface area contributed by atoms with Crippen molar-refractivity contribution in [1.29, 1.82) is 0 Å². The molecule has 2 aliphatic heterocycles. The van der Waals surface area contributed by atoms with Gasteiger partial charge in [-0.25, -0.2) is 0 Å². The van der Waals surface area contributed by atoms with Gasteiger partial charge in [0.15, 0.2) is 11.5 Å². The van der Waals surface area contributed by atoms with Crippen LogP contribution >= 0.6 is 0 Å². The maximum atomic E-state index is 10.2. The monoisotopic (exact) mass is 325 g/mol. The van der Waals surface area contributed by atoms with Crippen molar-refractivity contribution >= 4 is 0 Å². The fourth-order valence-electron chi connectivity index (χ4n) is 3.52. The molecule has 2 heterocycles. The summed E-state index contributed by atoms with van der Waals surface area (Å²) in [4.78, 5) is 0. The van der Waals surface area contributed by atoms with E-state index in [1.807, 2.05) is 12.1 Å². The predicted molar refractivity (Wildman–Crippen MR) is 93.0 cm³/mol. The van der Waals surface area contributed by atoms with Gasteiger partial charge in [0, 0.05) is 0 Å². The molecule has 4 rings (SSSR count). The van der Waals surface area contributed by atoms with Crippen molar-refractivity contribution in [2.75, 3.05) is 19.9 Å². The molecular weight excluding hydrogens is 302 g/mol. The van der Waals surface area contributed by atoms with Crippen molar-refractivity contribution in [2.24, 2.45) is 0 Å². The Balaban J connectivity index is 1.66. The van der Waals surface area contributed by atoms with E-state index in [1.165, 1.54) is 16.7 Å². The summed E-state index contributed by atoms with van der Waals surface area (Å²) in [5.74, 6) is 2.09. The SMILES string of the molecule is Oc1ccc2cc1CCc1cc3c(cc1CCCNCC2)OCO3. The largest absolute Gasteiger partial charge is 0.508 e. The molecule has 0 radical (unpaired) electrons. The summed E-state index contributed by atoms with van der Waals surface area (Å²) in [6.07, 6.45) is 4.87. The first-order valence-corrected chi connectivity index (χ1v) is 8.72. The van der Waals surface area contributed by atoms with Crippen molar-refractivity contribution in [3.63, 3.8) is 0 Å². The number of benzene rings is 2. The van der Waals surface area contributed by atoms with Crippen LogP contribution < -0.4 is 14.8 Å². The summed E-state index contributed by atoms with van der Waals surface area (Å²) >= 11 is 0. The van der Waals surface area contributed by atoms with Gasteiger partial charge >= 0.3 is 0 Å². The predicted octanol–water partition coefficient (Wildman–Crippen LogP) is 2.98. The van der Waals surface area contributed by atoms with Crippen LogP contribution in [0.2, 0.25) is 0 Å². The molecule has 0 unspecified atom stereocenters. The van der Waals surface area contributed by atoms with E-state index in [0.717, 1.165) is 62.3 Å². The van der Waals surface area contributed by atoms with Crippen molar-refractivity contribution < 1.29 is 14.6 Å². The van der Waals surface area contributed by atoms with Crippen LogP contribution in [0.5, 0.6) is 17.2 Å². The third kappa shape index (κ3) is 3.20. The summed E-state index contributed by atoms with van der Waals surface area (Å²) in [5.41, 5.74) is 4.93. The van der Waals surface area contributed by atoms with Crippen LogP contribution in [0.3, 0.4) is 0 Å². The third-order valence-corrected chi connectivity index (χ3v) is 4.89. The van der Waals surface area contributed by atoms with Gasteiger partial charge in [-0.3, -0.25) is 0 Å². The second-order valence-corrected chi connectivity index (χ2v) is 6.54. The lowest BCUT2D eigenvalue weighted by Crippen LogP contribution is -2.19. The van der Waals surface area contributed by atoms with Gasteiger partial charge in [0.25, 0.3) is 0 Å². The third-order valence-electron chi connectivity index (χ3n) is 4.89. The van der Waals surface area contributed by atoms with E-state index in [9.17, 15) is 5.11 Å². The average molecular weight is 325 g/mol. The minimum absolute atomic E-state index is 0.308. The molecule has 0 aliphatic carbocycles. The lowest BCUT2D eigenvalue weighted by Gasteiger charge is -2.12. The molecule has 2 aromatic carbocycles. The number of ether oxygens (including phenoxy) is 2. The Morgan fingerprint density at radius 1 is 0.792 bits per heavy atom. The second-order valence-electron chi connectivity index (χ2n) is 6.54. The van der Waals surface area contributed by atoms with Gasteiger partial charge in [-0.2, -0.15) is 0 Å². The van der Waals surface area contributed by atoms with E-state index in [2.05, 4.69) is 23.5 Å². The first kappa shape index (κ1) is 15.3. The minimum Gasteiger partial charge on any atom is -0.508 e. The molecule has 24 heavy (non-hydrogen) atoms. The van der Waals surface area contributed by atoms with E-state index < -0.39 is 0 Å². The van der Waals surface area contributed by atoms with E-state index >= 15 is 0 Å². The van der Waals surface area contributed by atoms with Crippen molar-refractivity contribution in [2.45, 2.75) is 32.1 Å². The normalized spacial score (nSPS) is 17.3. The van der Waals surface area contributed by atoms with Crippen molar-refractivity contribution in [1.82, 2.24) is 5.32 Å². The zero-order valence-electron chi connectivity index (χ0n) is 13.8. The molecule has 126 valence electrons. The van der Waals surface area contributed by atoms with Crippen LogP contribution in [-0.2, 0) is 25.7 Å². The molecule has 4 heteroatoms. The van der Waals surface area contributed by atoms with Crippen molar-refractivity contribution in [3.05, 3.63) is 52.6 Å². The van der Waals surface area contributed by atoms with Crippen LogP contribution in [-0.4, -0.2) is 25.0 Å². The summed E-state index contributed by atoms with van der Waals surface area (Å²) < 4.78 is 11.1. The molecule has 0 spiro atoms. The molecule has 0 aromatic heterocycles. The lowest BCUT2D eigenvalue weighted by atomic mass is 9.95. The molecule has 4 nitrogen and oxygen atoms in total. The smallest absolute Gasteiger partial charge is 0.231 e. The van der Waals surface area contributed by atoms with Gasteiger partial charge in [-0.05, 0) is 85.6 Å². The highest BCUT2D eigenvalue weighted by atomic mass is 16.7. The molecular formula is C20H23NO3. The molecule has 2 aromatic rings. The van der Waals surface area contributed by atoms with Crippen LogP contribution in [0, 0.1) is 0 Å². The van der Waals surface area contributed by atoms with Crippen LogP contribution in [0.15, 0.2) is 30.3 Å². The summed E-state index contributed by atoms with van der Waals surface area (Å²) in [6.45, 7) is 2.29. The number of rotatable bonds is 0. The zero-order valence-corrected chi connectivity index (χ0v) is 13.8. The summed E-state index contributed by atoms with van der Waals surface area (Å²) in [7, 11) is 0. The number of hydrogen-bond donors (Lipinski definition) is 2. The van der Waals surface area contributed by atoms with Gasteiger partial charge in [-0.1, -0.05) is 12.1 Å². The zero-order chi connectivity index (χ0) is 16.4. The Morgan fingerprint density at radius 3 is 2.38 bits per heavy atom. The molecule has 0 atom stereocenters. The summed E-state index contributed by atoms with van der Waals surface area (Å²) in [6, 6.07) is 10.2. The fraction of sp³-hybridized carbons (Fsp3) is 0.400. The van der Waals surface area contributed by atoms with Gasteiger partial charge < -0.3 is 19.9 Å². The fourth-order valence-corrected chi connectivity index (χ4v) is 3.52. The Hall–Kier alpha value is -2.20. The summed E-state index contributed by atoms with van der Waals surface area (Å²) in [5, 5.41) is 13.7. The number of hydrogen-bond acceptors (Lipinski definition) is 4. The molecule has 0 fully saturated rings. The first-order valence-electron chi connectivity index (χ1n) is 8.72. The Morgan fingerprint density at radius 2 is 1.54 bits per heavy atom. The number of phenolic OH excluding ortho intramolecular Hbond substituents is 1. The highest BCUT2D eigenvalue weighted by molar-refractivity contribution is 5.49. The van der Waals surface area contributed by atoms with Crippen LogP contribution in [0.4, 0.5) is 0 Å². The first-order chi connectivity index (χ1) is 11.8. The molecule has 2 bridgehead atoms. The van der Waals surface area contributed by atoms with E-state index in [0.29, 0.717) is 12.5 Å². The topological polar surface area (TPSA) is 50.7 Å². The molecule has 0 amide bonds. The maximum absolute atomic E-state index is 10.2. The average Bonchev–Trinajstić information content (AvgIpc) is 3.04. The van der Waals surface area contributed by atoms with Gasteiger partial charge in [0.1, 0.15) is 5.75 Å². The number of nitrogens with one attached hydrogen (secondary N) is 1. The second kappa shape index (κ2) is 6.73. The van der Waals surface area contributed by atoms with Crippen LogP contribution in [0.1, 0.15) is 28.7 Å². The Labute approximate surface area is 142 Å². The highest BCUT2D eigenvalue weighted by Crippen LogP contribution is 2.36. The Bertz CT molecular complexity index is 742. The van der Waals surface area contributed by atoms with E-state index in [-0.39, 0.29) is 0 Å². The van der Waals surface area contributed by atoms with Crippen LogP contribution in [0.25, 0.3) is 0 Å². The van der Waals surface area contributed by atoms with E-state index in [1.54, 1.807) is 0 Å². The number of fused-ring (bicyclic) bond motifs is 4. The van der Waals surface area contributed by atoms with Gasteiger partial charge in [-0.15, -0.1) is 0 Å². The molecule has 2 aliphatic rings. The molecule has 2 N–H and O–H groups in total. The standard InChI is InChI=1S/C20H23NO3/c22-18-6-3-14-7-9-21-8-1-2-15-11-19-20(24-13-23-19)12-16(15)4-5-17(18)10-14/h3,6,10-12,21-22H,1-2,4-5,7-9,13H2. The number of phenols is 1. The molecule has 0 saturated carbocycles. The van der Waals surface area contributed by atoms with E-state index in [4.69, 9.17) is 9.47 Å². The van der Waals surface area contributed by atoms with Gasteiger partial charge in [0.2, 0.25) is 6.79 Å². The number of aryl methyl sites for hydroxylation is 3. The van der Waals surface area contributed by atoms with Crippen molar-refractivity contribution in [3.8, 4) is 17.2 Å². The number of aromatic hydroxyl groups is 1. The maximum Gasteiger partial charge on any atom is 0.231 e. The lowest BCUT2D eigenvalue weighted by molar-refractivity contribution is 0.174.